The fourth-order valence-electron chi connectivity index (χ4n) is 2.75. The molecule has 1 heterocycles. The zero-order chi connectivity index (χ0) is 20.3. The van der Waals surface area contributed by atoms with Crippen LogP contribution in [-0.4, -0.2) is 36.8 Å². The van der Waals surface area contributed by atoms with Gasteiger partial charge < -0.3 is 30.9 Å². The Hall–Kier alpha value is -2.97. The van der Waals surface area contributed by atoms with Gasteiger partial charge in [-0.3, -0.25) is 4.79 Å². The van der Waals surface area contributed by atoms with Crippen LogP contribution in [0.1, 0.15) is 27.6 Å². The van der Waals surface area contributed by atoms with Crippen LogP contribution in [0.3, 0.4) is 0 Å². The summed E-state index contributed by atoms with van der Waals surface area (Å²) >= 11 is 6.17. The number of fused-ring (bicyclic) bond motifs is 1. The quantitative estimate of drug-likeness (QED) is 0.608. The Kier molecular flexibility index (Phi) is 5.91. The highest BCUT2D eigenvalue weighted by molar-refractivity contribution is 6.32. The normalized spacial score (nSPS) is 13.5. The molecule has 0 bridgehead atoms. The van der Waals surface area contributed by atoms with E-state index in [1.807, 2.05) is 0 Å². The lowest BCUT2D eigenvalue weighted by atomic mass is 10.1. The van der Waals surface area contributed by atoms with Crippen molar-refractivity contribution in [2.75, 3.05) is 25.1 Å². The number of aliphatic hydroxyl groups excluding tert-OH is 1. The number of hydrogen-bond donors (Lipinski definition) is 4. The lowest BCUT2D eigenvalue weighted by molar-refractivity contribution is 0.1000. The van der Waals surface area contributed by atoms with Crippen molar-refractivity contribution in [2.45, 2.75) is 13.0 Å². The minimum atomic E-state index is -0.989. The maximum absolute atomic E-state index is 12.1. The molecule has 0 aromatic heterocycles. The number of hydrogen-bond acceptors (Lipinski definition) is 5. The maximum atomic E-state index is 12.1. The summed E-state index contributed by atoms with van der Waals surface area (Å²) in [5, 5.41) is 15.9. The van der Waals surface area contributed by atoms with E-state index in [9.17, 15) is 14.7 Å². The number of anilines is 1. The van der Waals surface area contributed by atoms with Crippen LogP contribution in [0.15, 0.2) is 30.3 Å². The van der Waals surface area contributed by atoms with E-state index < -0.39 is 18.0 Å². The summed E-state index contributed by atoms with van der Waals surface area (Å²) in [6.45, 7) is 2.52. The number of amides is 3. The van der Waals surface area contributed by atoms with Gasteiger partial charge in [0.2, 0.25) is 5.91 Å². The second-order valence-corrected chi connectivity index (χ2v) is 6.68. The third kappa shape index (κ3) is 4.47. The van der Waals surface area contributed by atoms with E-state index in [-0.39, 0.29) is 6.54 Å². The molecule has 0 saturated heterocycles. The smallest absolute Gasteiger partial charge is 0.319 e. The molecular weight excluding hydrogens is 386 g/mol. The number of primary amides is 1. The lowest BCUT2D eigenvalue weighted by Crippen LogP contribution is -2.32. The Morgan fingerprint density at radius 1 is 1.25 bits per heavy atom. The molecule has 5 N–H and O–H groups in total. The highest BCUT2D eigenvalue weighted by Gasteiger charge is 2.20. The number of aliphatic hydroxyl groups is 1. The van der Waals surface area contributed by atoms with E-state index in [0.29, 0.717) is 52.1 Å². The van der Waals surface area contributed by atoms with Gasteiger partial charge in [-0.1, -0.05) is 11.6 Å². The fourth-order valence-corrected chi connectivity index (χ4v) is 3.03. The van der Waals surface area contributed by atoms with Crippen LogP contribution in [0, 0.1) is 6.92 Å². The van der Waals surface area contributed by atoms with Crippen molar-refractivity contribution in [3.63, 3.8) is 0 Å². The van der Waals surface area contributed by atoms with Crippen LogP contribution < -0.4 is 25.8 Å². The minimum absolute atomic E-state index is 0.0414. The molecule has 1 unspecified atom stereocenters. The Labute approximate surface area is 166 Å². The zero-order valence-electron chi connectivity index (χ0n) is 15.1. The maximum Gasteiger partial charge on any atom is 0.319 e. The number of nitrogens with two attached hydrogens (primary N) is 1. The molecule has 0 aliphatic carbocycles. The Morgan fingerprint density at radius 2 is 2.00 bits per heavy atom. The predicted octanol–water partition coefficient (Wildman–Crippen LogP) is 2.37. The van der Waals surface area contributed by atoms with Gasteiger partial charge in [0.05, 0.1) is 11.1 Å². The number of nitrogens with one attached hydrogen (secondary N) is 2. The second-order valence-electron chi connectivity index (χ2n) is 6.27. The van der Waals surface area contributed by atoms with E-state index in [1.54, 1.807) is 31.2 Å². The number of ether oxygens (including phenoxy) is 2. The number of urea groups is 1. The third-order valence-corrected chi connectivity index (χ3v) is 4.50. The Balaban J connectivity index is 1.60. The first-order valence-corrected chi connectivity index (χ1v) is 8.95. The molecule has 0 saturated carbocycles. The average molecular weight is 406 g/mol. The summed E-state index contributed by atoms with van der Waals surface area (Å²) < 4.78 is 10.9. The summed E-state index contributed by atoms with van der Waals surface area (Å²) in [5.41, 5.74) is 7.30. The highest BCUT2D eigenvalue weighted by atomic mass is 35.5. The average Bonchev–Trinajstić information content (AvgIpc) is 2.67. The summed E-state index contributed by atoms with van der Waals surface area (Å²) in [4.78, 5) is 23.3. The van der Waals surface area contributed by atoms with Crippen molar-refractivity contribution >= 4 is 29.2 Å². The molecule has 2 aromatic carbocycles. The van der Waals surface area contributed by atoms with Gasteiger partial charge in [-0.15, -0.1) is 0 Å². The van der Waals surface area contributed by atoms with Gasteiger partial charge in [0, 0.05) is 17.8 Å². The highest BCUT2D eigenvalue weighted by Crippen LogP contribution is 2.39. The van der Waals surface area contributed by atoms with Crippen LogP contribution in [-0.2, 0) is 0 Å². The zero-order valence-corrected chi connectivity index (χ0v) is 15.9. The number of rotatable bonds is 5. The standard InChI is InChI=1S/C19H20ClN3O5/c1-10-6-11(18(21)25)2-3-14(10)23-19(26)22-9-15(24)12-7-13(20)17-16(8-12)27-4-5-28-17/h2-3,6-8,15,24H,4-5,9H2,1H3,(H2,21,25)(H2,22,23,26). The van der Waals surface area contributed by atoms with Gasteiger partial charge in [-0.2, -0.15) is 0 Å². The molecule has 1 aliphatic heterocycles. The van der Waals surface area contributed by atoms with Crippen LogP contribution in [0.4, 0.5) is 10.5 Å². The summed E-state index contributed by atoms with van der Waals surface area (Å²) in [7, 11) is 0. The van der Waals surface area contributed by atoms with Crippen molar-refractivity contribution in [1.29, 1.82) is 0 Å². The number of carbonyl (C=O) groups is 2. The SMILES string of the molecule is Cc1cc(C(N)=O)ccc1NC(=O)NCC(O)c1cc(Cl)c2c(c1)OCCO2. The van der Waals surface area contributed by atoms with Crippen LogP contribution in [0.25, 0.3) is 0 Å². The lowest BCUT2D eigenvalue weighted by Gasteiger charge is -2.21. The van der Waals surface area contributed by atoms with Crippen LogP contribution in [0.5, 0.6) is 11.5 Å². The number of benzene rings is 2. The molecule has 8 nitrogen and oxygen atoms in total. The van der Waals surface area contributed by atoms with Crippen LogP contribution >= 0.6 is 11.6 Å². The minimum Gasteiger partial charge on any atom is -0.486 e. The molecule has 0 radical (unpaired) electrons. The third-order valence-electron chi connectivity index (χ3n) is 4.22. The van der Waals surface area contributed by atoms with E-state index in [2.05, 4.69) is 10.6 Å². The second kappa shape index (κ2) is 8.37. The molecule has 1 atom stereocenters. The van der Waals surface area contributed by atoms with Gasteiger partial charge in [0.1, 0.15) is 13.2 Å². The summed E-state index contributed by atoms with van der Waals surface area (Å²) in [6.07, 6.45) is -0.989. The number of aryl methyl sites for hydroxylation is 1. The molecule has 2 aromatic rings. The molecule has 28 heavy (non-hydrogen) atoms. The van der Waals surface area contributed by atoms with Gasteiger partial charge >= 0.3 is 6.03 Å². The number of carbonyl (C=O) groups excluding carboxylic acids is 2. The van der Waals surface area contributed by atoms with Crippen molar-refractivity contribution < 1.29 is 24.2 Å². The first-order chi connectivity index (χ1) is 13.3. The van der Waals surface area contributed by atoms with Gasteiger partial charge in [-0.05, 0) is 48.4 Å². The molecule has 1 aliphatic rings. The van der Waals surface area contributed by atoms with E-state index >= 15 is 0 Å². The molecule has 3 amide bonds. The molecule has 0 fully saturated rings. The summed E-state index contributed by atoms with van der Waals surface area (Å²) in [6, 6.07) is 7.41. The largest absolute Gasteiger partial charge is 0.486 e. The molecule has 3 rings (SSSR count). The molecule has 148 valence electrons. The first-order valence-electron chi connectivity index (χ1n) is 8.57. The van der Waals surface area contributed by atoms with Crippen LogP contribution in [0.2, 0.25) is 5.02 Å². The monoisotopic (exact) mass is 405 g/mol. The first kappa shape index (κ1) is 19.8. The summed E-state index contributed by atoms with van der Waals surface area (Å²) in [5.74, 6) is 0.368. The topological polar surface area (TPSA) is 123 Å². The van der Waals surface area contributed by atoms with Gasteiger partial charge in [-0.25, -0.2) is 4.79 Å². The Morgan fingerprint density at radius 3 is 2.71 bits per heavy atom. The predicted molar refractivity (Wildman–Crippen MR) is 104 cm³/mol. The van der Waals surface area contributed by atoms with Crippen molar-refractivity contribution in [2.24, 2.45) is 5.73 Å². The van der Waals surface area contributed by atoms with Crippen molar-refractivity contribution in [1.82, 2.24) is 5.32 Å². The molecule has 0 spiro atoms. The van der Waals surface area contributed by atoms with Gasteiger partial charge in [0.15, 0.2) is 11.5 Å². The van der Waals surface area contributed by atoms with Crippen molar-refractivity contribution in [3.05, 3.63) is 52.0 Å². The fraction of sp³-hybridized carbons (Fsp3) is 0.263. The van der Waals surface area contributed by atoms with E-state index in [4.69, 9.17) is 26.8 Å². The Bertz CT molecular complexity index is 919. The number of halogens is 1. The van der Waals surface area contributed by atoms with Gasteiger partial charge in [0.25, 0.3) is 0 Å². The van der Waals surface area contributed by atoms with Crippen molar-refractivity contribution in [3.8, 4) is 11.5 Å². The van der Waals surface area contributed by atoms with E-state index in [0.717, 1.165) is 0 Å². The molecular formula is C19H20ClN3O5. The molecule has 9 heteroatoms. The van der Waals surface area contributed by atoms with E-state index in [1.165, 1.54) is 6.07 Å².